The molecule has 0 bridgehead atoms. The summed E-state index contributed by atoms with van der Waals surface area (Å²) < 4.78 is 14.8. The zero-order valence-corrected chi connectivity index (χ0v) is 14.1. The van der Waals surface area contributed by atoms with Gasteiger partial charge in [0.25, 0.3) is 0 Å². The fourth-order valence-electron chi connectivity index (χ4n) is 2.76. The van der Waals surface area contributed by atoms with Gasteiger partial charge in [0.05, 0.1) is 12.7 Å². The second kappa shape index (κ2) is 7.00. The number of pyridine rings is 1. The maximum absolute atomic E-state index is 14.0. The molecule has 4 nitrogen and oxygen atoms in total. The van der Waals surface area contributed by atoms with Gasteiger partial charge in [-0.1, -0.05) is 60.7 Å². The van der Waals surface area contributed by atoms with Crippen LogP contribution in [0.25, 0.3) is 0 Å². The molecule has 5 heteroatoms. The average Bonchev–Trinajstić information content (AvgIpc) is 2.65. The van der Waals surface area contributed by atoms with Crippen LogP contribution < -0.4 is 21.1 Å². The number of hydrogen-bond acceptors (Lipinski definition) is 3. The van der Waals surface area contributed by atoms with Gasteiger partial charge in [0.15, 0.2) is 7.14 Å². The highest BCUT2D eigenvalue weighted by Crippen LogP contribution is 2.46. The van der Waals surface area contributed by atoms with Crippen molar-refractivity contribution in [3.05, 3.63) is 95.5 Å². The Labute approximate surface area is 141 Å². The molecule has 0 saturated heterocycles. The van der Waals surface area contributed by atoms with Crippen molar-refractivity contribution in [2.24, 2.45) is 5.73 Å². The van der Waals surface area contributed by atoms with Gasteiger partial charge in [0.1, 0.15) is 0 Å². The van der Waals surface area contributed by atoms with Crippen LogP contribution in [0.2, 0.25) is 0 Å². The maximum Gasteiger partial charge on any atom is 0.206 e. The van der Waals surface area contributed by atoms with Crippen molar-refractivity contribution in [2.75, 3.05) is 0 Å². The number of hydrogen-bond donors (Lipinski definition) is 1. The van der Waals surface area contributed by atoms with Crippen LogP contribution in [0.5, 0.6) is 0 Å². The van der Waals surface area contributed by atoms with Crippen molar-refractivity contribution in [1.29, 1.82) is 0 Å². The molecule has 0 radical (unpaired) electrons. The fraction of sp³-hybridized carbons (Fsp3) is 0.105. The van der Waals surface area contributed by atoms with E-state index in [1.165, 1.54) is 0 Å². The number of nitrogens with zero attached hydrogens (tertiary/aromatic N) is 1. The van der Waals surface area contributed by atoms with Crippen molar-refractivity contribution in [2.45, 2.75) is 12.7 Å². The third kappa shape index (κ3) is 3.12. The molecule has 0 unspecified atom stereocenters. The standard InChI is InChI=1S/C19H19N2O2P/c20-14-16-8-7-9-17(21(16)22)15-24(23,18-10-3-1-4-11-18)19-12-5-2-6-13-19/h1-13H,14-15,20H2. The number of rotatable bonds is 5. The highest BCUT2D eigenvalue weighted by atomic mass is 31.2. The summed E-state index contributed by atoms with van der Waals surface area (Å²) in [6.45, 7) is 0.151. The van der Waals surface area contributed by atoms with Crippen LogP contribution >= 0.6 is 7.14 Å². The summed E-state index contributed by atoms with van der Waals surface area (Å²) in [5.41, 5.74) is 6.55. The van der Waals surface area contributed by atoms with E-state index in [0.717, 1.165) is 15.3 Å². The second-order valence-corrected chi connectivity index (χ2v) is 8.40. The second-order valence-electron chi connectivity index (χ2n) is 5.58. The van der Waals surface area contributed by atoms with Crippen LogP contribution in [0.1, 0.15) is 11.4 Å². The molecule has 3 rings (SSSR count). The van der Waals surface area contributed by atoms with Crippen LogP contribution in [0.15, 0.2) is 78.9 Å². The summed E-state index contributed by atoms with van der Waals surface area (Å²) in [5.74, 6) is 0. The molecular formula is C19H19N2O2P. The van der Waals surface area contributed by atoms with Crippen LogP contribution in [0.3, 0.4) is 0 Å². The number of nitrogens with two attached hydrogens (primary N) is 1. The van der Waals surface area contributed by atoms with E-state index in [1.54, 1.807) is 18.2 Å². The molecular weight excluding hydrogens is 319 g/mol. The van der Waals surface area contributed by atoms with Gasteiger partial charge in [-0.3, -0.25) is 0 Å². The zero-order chi connectivity index (χ0) is 17.0. The molecule has 0 aliphatic rings. The predicted octanol–water partition coefficient (Wildman–Crippen LogP) is 2.29. The molecule has 0 aliphatic heterocycles. The molecule has 0 atom stereocenters. The summed E-state index contributed by atoms with van der Waals surface area (Å²) >= 11 is 0. The van der Waals surface area contributed by atoms with E-state index in [-0.39, 0.29) is 12.7 Å². The van der Waals surface area contributed by atoms with E-state index in [4.69, 9.17) is 5.73 Å². The molecule has 0 aliphatic carbocycles. The molecule has 24 heavy (non-hydrogen) atoms. The lowest BCUT2D eigenvalue weighted by molar-refractivity contribution is -0.621. The topological polar surface area (TPSA) is 70.0 Å². The van der Waals surface area contributed by atoms with Gasteiger partial charge in [-0.25, -0.2) is 0 Å². The van der Waals surface area contributed by atoms with Crippen molar-refractivity contribution < 1.29 is 9.30 Å². The molecule has 0 amide bonds. The van der Waals surface area contributed by atoms with Gasteiger partial charge in [-0.15, -0.1) is 0 Å². The lowest BCUT2D eigenvalue weighted by Gasteiger charge is -2.19. The predicted molar refractivity (Wildman–Crippen MR) is 96.8 cm³/mol. The summed E-state index contributed by atoms with van der Waals surface area (Å²) in [6.07, 6.45) is 0.165. The van der Waals surface area contributed by atoms with E-state index in [2.05, 4.69) is 0 Å². The third-order valence-corrected chi connectivity index (χ3v) is 7.07. The van der Waals surface area contributed by atoms with Crippen molar-refractivity contribution in [3.8, 4) is 0 Å². The Kier molecular flexibility index (Phi) is 4.79. The monoisotopic (exact) mass is 338 g/mol. The minimum atomic E-state index is -2.96. The van der Waals surface area contributed by atoms with Gasteiger partial charge in [0.2, 0.25) is 11.4 Å². The van der Waals surface area contributed by atoms with Gasteiger partial charge in [-0.2, -0.15) is 4.73 Å². The Morgan fingerprint density at radius 3 is 1.79 bits per heavy atom. The molecule has 122 valence electrons. The SMILES string of the molecule is NCc1cccc(CP(=O)(c2ccccc2)c2ccccc2)[n+]1[O-]. The smallest absolute Gasteiger partial charge is 0.206 e. The summed E-state index contributed by atoms with van der Waals surface area (Å²) in [6, 6.07) is 23.9. The number of benzene rings is 2. The normalized spacial score (nSPS) is 11.4. The van der Waals surface area contributed by atoms with Crippen molar-refractivity contribution >= 4 is 17.8 Å². The Morgan fingerprint density at radius 1 is 0.792 bits per heavy atom. The Bertz CT molecular complexity index is 824. The summed E-state index contributed by atoms with van der Waals surface area (Å²) in [5, 5.41) is 13.9. The Hall–Kier alpha value is -2.42. The molecule has 0 spiro atoms. The summed E-state index contributed by atoms with van der Waals surface area (Å²) in [4.78, 5) is 0. The first kappa shape index (κ1) is 16.4. The quantitative estimate of drug-likeness (QED) is 0.441. The minimum Gasteiger partial charge on any atom is -0.618 e. The first-order chi connectivity index (χ1) is 11.6. The lowest BCUT2D eigenvalue weighted by Crippen LogP contribution is -2.38. The average molecular weight is 338 g/mol. The first-order valence-electron chi connectivity index (χ1n) is 7.76. The minimum absolute atomic E-state index is 0.151. The van der Waals surface area contributed by atoms with Gasteiger partial charge in [-0.05, 0) is 6.07 Å². The summed E-state index contributed by atoms with van der Waals surface area (Å²) in [7, 11) is -2.96. The largest absolute Gasteiger partial charge is 0.618 e. The first-order valence-corrected chi connectivity index (χ1v) is 9.65. The lowest BCUT2D eigenvalue weighted by atomic mass is 10.3. The van der Waals surface area contributed by atoms with Crippen LogP contribution in [-0.2, 0) is 17.3 Å². The molecule has 2 aromatic carbocycles. The van der Waals surface area contributed by atoms with Gasteiger partial charge < -0.3 is 15.5 Å². The molecule has 1 aromatic heterocycles. The highest BCUT2D eigenvalue weighted by Gasteiger charge is 2.31. The van der Waals surface area contributed by atoms with E-state index < -0.39 is 7.14 Å². The van der Waals surface area contributed by atoms with Crippen LogP contribution in [-0.4, -0.2) is 0 Å². The fourth-order valence-corrected chi connectivity index (χ4v) is 5.42. The molecule has 0 fully saturated rings. The van der Waals surface area contributed by atoms with Crippen molar-refractivity contribution in [1.82, 2.24) is 0 Å². The van der Waals surface area contributed by atoms with Gasteiger partial charge >= 0.3 is 0 Å². The van der Waals surface area contributed by atoms with E-state index >= 15 is 0 Å². The van der Waals surface area contributed by atoms with Crippen molar-refractivity contribution in [3.63, 3.8) is 0 Å². The van der Waals surface area contributed by atoms with E-state index in [0.29, 0.717) is 11.4 Å². The van der Waals surface area contributed by atoms with Crippen LogP contribution in [0, 0.1) is 5.21 Å². The van der Waals surface area contributed by atoms with Gasteiger partial charge in [0, 0.05) is 22.7 Å². The maximum atomic E-state index is 14.0. The molecule has 1 heterocycles. The van der Waals surface area contributed by atoms with Crippen LogP contribution in [0.4, 0.5) is 0 Å². The molecule has 2 N–H and O–H groups in total. The Balaban J connectivity index is 2.12. The zero-order valence-electron chi connectivity index (χ0n) is 13.2. The third-order valence-electron chi connectivity index (χ3n) is 4.04. The highest BCUT2D eigenvalue weighted by molar-refractivity contribution is 7.78. The van der Waals surface area contributed by atoms with E-state index in [9.17, 15) is 9.77 Å². The van der Waals surface area contributed by atoms with E-state index in [1.807, 2.05) is 60.7 Å². The molecule has 3 aromatic rings. The Morgan fingerprint density at radius 2 is 1.29 bits per heavy atom. The molecule has 0 saturated carbocycles. The number of aromatic nitrogens is 1.